The fourth-order valence-corrected chi connectivity index (χ4v) is 4.95. The van der Waals surface area contributed by atoms with Crippen LogP contribution in [0.25, 0.3) is 0 Å². The van der Waals surface area contributed by atoms with Crippen LogP contribution in [-0.4, -0.2) is 51.0 Å². The van der Waals surface area contributed by atoms with Crippen molar-refractivity contribution in [3.8, 4) is 0 Å². The number of benzene rings is 1. The summed E-state index contributed by atoms with van der Waals surface area (Å²) in [4.78, 5) is 11.5. The molecule has 3 rings (SSSR count). The molecule has 1 aromatic carbocycles. The first kappa shape index (κ1) is 19.1. The Morgan fingerprint density at radius 1 is 1.29 bits per heavy atom. The second-order valence-electron chi connectivity index (χ2n) is 5.92. The van der Waals surface area contributed by atoms with Crippen molar-refractivity contribution in [2.45, 2.75) is 36.2 Å². The lowest BCUT2D eigenvalue weighted by Crippen LogP contribution is -2.39. The highest BCUT2D eigenvalue weighted by Crippen LogP contribution is 2.27. The minimum Gasteiger partial charge on any atom is -0.465 e. The highest BCUT2D eigenvalue weighted by atomic mass is 35.5. The monoisotopic (exact) mass is 378 g/mol. The van der Waals surface area contributed by atoms with Gasteiger partial charge in [0.05, 0.1) is 17.6 Å². The lowest BCUT2D eigenvalue weighted by atomic mass is 10.1. The Balaban J connectivity index is 0.00000208. The molecular formula is C15H20ClFN2O4S. The molecule has 2 unspecified atom stereocenters. The molecule has 2 aliphatic heterocycles. The van der Waals surface area contributed by atoms with Crippen LogP contribution in [0.2, 0.25) is 0 Å². The second kappa shape index (κ2) is 7.35. The predicted octanol–water partition coefficient (Wildman–Crippen LogP) is 1.55. The van der Waals surface area contributed by atoms with Gasteiger partial charge >= 0.3 is 5.97 Å². The number of rotatable bonds is 3. The smallest absolute Gasteiger partial charge is 0.339 e. The third-order valence-corrected chi connectivity index (χ3v) is 6.36. The van der Waals surface area contributed by atoms with Gasteiger partial charge in [0.25, 0.3) is 0 Å². The minimum absolute atomic E-state index is 0. The molecule has 9 heteroatoms. The number of fused-ring (bicyclic) bond motifs is 2. The van der Waals surface area contributed by atoms with Crippen molar-refractivity contribution in [3.05, 3.63) is 29.6 Å². The van der Waals surface area contributed by atoms with Gasteiger partial charge in [0.2, 0.25) is 10.0 Å². The van der Waals surface area contributed by atoms with Crippen molar-refractivity contribution in [2.24, 2.45) is 0 Å². The topological polar surface area (TPSA) is 75.7 Å². The van der Waals surface area contributed by atoms with Crippen molar-refractivity contribution in [1.82, 2.24) is 9.62 Å². The van der Waals surface area contributed by atoms with E-state index in [1.165, 1.54) is 4.31 Å². The summed E-state index contributed by atoms with van der Waals surface area (Å²) in [5, 5.41) is 3.39. The number of ether oxygens (including phenoxy) is 1. The molecular weight excluding hydrogens is 359 g/mol. The Labute approximate surface area is 146 Å². The van der Waals surface area contributed by atoms with Gasteiger partial charge in [-0.2, -0.15) is 4.31 Å². The molecule has 134 valence electrons. The lowest BCUT2D eigenvalue weighted by Gasteiger charge is -2.24. The first-order valence-electron chi connectivity index (χ1n) is 7.56. The first-order valence-corrected chi connectivity index (χ1v) is 9.00. The number of carbonyl (C=O) groups excluding carboxylic acids is 1. The van der Waals surface area contributed by atoms with E-state index in [1.807, 2.05) is 0 Å². The van der Waals surface area contributed by atoms with Gasteiger partial charge in [0.15, 0.2) is 0 Å². The Morgan fingerprint density at radius 2 is 2.00 bits per heavy atom. The Kier molecular flexibility index (Phi) is 5.85. The number of methoxy groups -OCH3 is 1. The van der Waals surface area contributed by atoms with Gasteiger partial charge in [-0.1, -0.05) is 0 Å². The number of hydrogen-bond acceptors (Lipinski definition) is 5. The number of carbonyl (C=O) groups is 1. The summed E-state index contributed by atoms with van der Waals surface area (Å²) in [5.74, 6) is -1.50. The van der Waals surface area contributed by atoms with E-state index in [9.17, 15) is 17.6 Å². The third-order valence-electron chi connectivity index (χ3n) is 4.45. The van der Waals surface area contributed by atoms with E-state index in [0.717, 1.165) is 38.2 Å². The van der Waals surface area contributed by atoms with E-state index in [2.05, 4.69) is 10.1 Å². The fraction of sp³-hybridized carbons (Fsp3) is 0.533. The van der Waals surface area contributed by atoms with Gasteiger partial charge in [-0.15, -0.1) is 12.4 Å². The van der Waals surface area contributed by atoms with Crippen LogP contribution >= 0.6 is 12.4 Å². The molecule has 0 amide bonds. The van der Waals surface area contributed by atoms with Crippen LogP contribution in [0, 0.1) is 5.82 Å². The Hall–Kier alpha value is -1.22. The summed E-state index contributed by atoms with van der Waals surface area (Å²) in [6.07, 6.45) is 2.67. The summed E-state index contributed by atoms with van der Waals surface area (Å²) in [6, 6.07) is 3.52. The van der Waals surface area contributed by atoms with Gasteiger partial charge in [-0.25, -0.2) is 17.6 Å². The average Bonchev–Trinajstić information content (AvgIpc) is 2.85. The molecule has 2 saturated heterocycles. The largest absolute Gasteiger partial charge is 0.465 e. The molecule has 0 saturated carbocycles. The van der Waals surface area contributed by atoms with Crippen LogP contribution in [-0.2, 0) is 14.8 Å². The van der Waals surface area contributed by atoms with Crippen molar-refractivity contribution in [3.63, 3.8) is 0 Å². The van der Waals surface area contributed by atoms with Crippen molar-refractivity contribution < 1.29 is 22.3 Å². The van der Waals surface area contributed by atoms with Crippen LogP contribution in [0.3, 0.4) is 0 Å². The maximum Gasteiger partial charge on any atom is 0.339 e. The summed E-state index contributed by atoms with van der Waals surface area (Å²) in [5.41, 5.74) is -0.142. The minimum atomic E-state index is -3.96. The molecule has 2 heterocycles. The molecule has 24 heavy (non-hydrogen) atoms. The Bertz CT molecular complexity index is 728. The highest BCUT2D eigenvalue weighted by molar-refractivity contribution is 7.89. The number of hydrogen-bond donors (Lipinski definition) is 1. The van der Waals surface area contributed by atoms with Gasteiger partial charge in [-0.3, -0.25) is 0 Å². The first-order chi connectivity index (χ1) is 10.9. The summed E-state index contributed by atoms with van der Waals surface area (Å²) in [6.45, 7) is 0.684. The molecule has 1 aromatic rings. The quantitative estimate of drug-likeness (QED) is 0.808. The number of halogens is 2. The summed E-state index contributed by atoms with van der Waals surface area (Å²) in [7, 11) is -2.80. The zero-order chi connectivity index (χ0) is 16.6. The molecule has 0 radical (unpaired) electrons. The highest BCUT2D eigenvalue weighted by Gasteiger charge is 2.36. The zero-order valence-corrected chi connectivity index (χ0v) is 14.8. The van der Waals surface area contributed by atoms with Crippen molar-refractivity contribution in [2.75, 3.05) is 20.2 Å². The SMILES string of the molecule is COC(=O)c1ccc(F)cc1S(=O)(=O)N1CCC2CCC(C1)N2.Cl. The van der Waals surface area contributed by atoms with Crippen LogP contribution in [0.15, 0.2) is 23.1 Å². The normalized spacial score (nSPS) is 24.1. The van der Waals surface area contributed by atoms with E-state index in [1.54, 1.807) is 0 Å². The maximum absolute atomic E-state index is 13.6. The van der Waals surface area contributed by atoms with Crippen LogP contribution in [0.1, 0.15) is 29.6 Å². The molecule has 2 atom stereocenters. The lowest BCUT2D eigenvalue weighted by molar-refractivity contribution is 0.0596. The average molecular weight is 379 g/mol. The van der Waals surface area contributed by atoms with Gasteiger partial charge in [0.1, 0.15) is 5.82 Å². The summed E-state index contributed by atoms with van der Waals surface area (Å²) < 4.78 is 45.4. The van der Waals surface area contributed by atoms with Crippen molar-refractivity contribution >= 4 is 28.4 Å². The molecule has 1 N–H and O–H groups in total. The molecule has 6 nitrogen and oxygen atoms in total. The van der Waals surface area contributed by atoms with Gasteiger partial charge in [-0.05, 0) is 37.5 Å². The fourth-order valence-electron chi connectivity index (χ4n) is 3.26. The van der Waals surface area contributed by atoms with Gasteiger partial charge in [0, 0.05) is 25.2 Å². The number of nitrogens with zero attached hydrogens (tertiary/aromatic N) is 1. The zero-order valence-electron chi connectivity index (χ0n) is 13.2. The second-order valence-corrected chi connectivity index (χ2v) is 7.83. The molecule has 2 bridgehead atoms. The van der Waals surface area contributed by atoms with E-state index in [0.29, 0.717) is 25.6 Å². The molecule has 0 spiro atoms. The number of sulfonamides is 1. The number of nitrogens with one attached hydrogen (secondary N) is 1. The number of esters is 1. The molecule has 2 fully saturated rings. The molecule has 0 aromatic heterocycles. The van der Waals surface area contributed by atoms with E-state index < -0.39 is 21.8 Å². The molecule has 2 aliphatic rings. The van der Waals surface area contributed by atoms with E-state index in [-0.39, 0.29) is 28.9 Å². The van der Waals surface area contributed by atoms with Crippen LogP contribution in [0.4, 0.5) is 4.39 Å². The van der Waals surface area contributed by atoms with Crippen LogP contribution in [0.5, 0.6) is 0 Å². The summed E-state index contributed by atoms with van der Waals surface area (Å²) >= 11 is 0. The standard InChI is InChI=1S/C15H19FN2O4S.ClH/c1-22-15(19)13-5-2-10(16)8-14(13)23(20,21)18-7-6-11-3-4-12(9-18)17-11;/h2,5,8,11-12,17H,3-4,6-7,9H2,1H3;1H. The van der Waals surface area contributed by atoms with Crippen molar-refractivity contribution in [1.29, 1.82) is 0 Å². The Morgan fingerprint density at radius 3 is 2.71 bits per heavy atom. The molecule has 0 aliphatic carbocycles. The predicted molar refractivity (Wildman–Crippen MR) is 88.3 cm³/mol. The van der Waals surface area contributed by atoms with Crippen LogP contribution < -0.4 is 5.32 Å². The van der Waals surface area contributed by atoms with Gasteiger partial charge < -0.3 is 10.1 Å². The van der Waals surface area contributed by atoms with E-state index >= 15 is 0 Å². The maximum atomic E-state index is 13.6. The third kappa shape index (κ3) is 3.56. The van der Waals surface area contributed by atoms with E-state index in [4.69, 9.17) is 0 Å².